The zero-order valence-corrected chi connectivity index (χ0v) is 12.7. The molecule has 1 aliphatic rings. The zero-order valence-electron chi connectivity index (χ0n) is 11.8. The summed E-state index contributed by atoms with van der Waals surface area (Å²) >= 11 is 0. The molecule has 1 saturated heterocycles. The highest BCUT2D eigenvalue weighted by molar-refractivity contribution is 7.92. The van der Waals surface area contributed by atoms with E-state index < -0.39 is 38.3 Å². The van der Waals surface area contributed by atoms with Gasteiger partial charge in [-0.15, -0.1) is 0 Å². The summed E-state index contributed by atoms with van der Waals surface area (Å²) in [7, 11) is -5.48. The zero-order chi connectivity index (χ0) is 17.3. The molecule has 6 nitrogen and oxygen atoms in total. The first-order valence-corrected chi connectivity index (χ1v) is 8.21. The van der Waals surface area contributed by atoms with Crippen LogP contribution in [0.25, 0.3) is 0 Å². The Bertz CT molecular complexity index is 691. The maximum absolute atomic E-state index is 12.5. The number of amides is 1. The number of alkyl halides is 3. The molecule has 2 atom stereocenters. The van der Waals surface area contributed by atoms with Gasteiger partial charge in [-0.2, -0.15) is 13.2 Å². The smallest absolute Gasteiger partial charge is 0.367 e. The molecule has 0 unspecified atom stereocenters. The van der Waals surface area contributed by atoms with Crippen LogP contribution in [0.3, 0.4) is 0 Å². The molecule has 1 aliphatic heterocycles. The van der Waals surface area contributed by atoms with Crippen LogP contribution < -0.4 is 11.1 Å². The topological polar surface area (TPSA) is 98.5 Å². The lowest BCUT2D eigenvalue weighted by atomic mass is 10.0. The Labute approximate surface area is 130 Å². The summed E-state index contributed by atoms with van der Waals surface area (Å²) in [4.78, 5) is 11.1. The van der Waals surface area contributed by atoms with Crippen molar-refractivity contribution in [2.75, 3.05) is 11.9 Å². The molecule has 1 amide bonds. The van der Waals surface area contributed by atoms with Crippen LogP contribution in [0.5, 0.6) is 0 Å². The average Bonchev–Trinajstić information content (AvgIpc) is 2.46. The Kier molecular flexibility index (Phi) is 4.97. The van der Waals surface area contributed by atoms with Gasteiger partial charge in [-0.05, 0) is 31.0 Å². The Morgan fingerprint density at radius 1 is 1.35 bits per heavy atom. The lowest BCUT2D eigenvalue weighted by molar-refractivity contribution is -0.131. The number of nitrogens with one attached hydrogen (secondary N) is 1. The standard InChI is InChI=1S/C13H15F3N2O4S/c14-13(15,16)23(20,21)9-4-1-3-8(7-9)18-12(19)11-10(17)5-2-6-22-11/h1,3-4,7,10-11H,2,5-6,17H2,(H,18,19)/t10-,11+/m1/s1. The second kappa shape index (κ2) is 6.46. The fourth-order valence-electron chi connectivity index (χ4n) is 2.16. The van der Waals surface area contributed by atoms with Crippen molar-refractivity contribution in [3.63, 3.8) is 0 Å². The van der Waals surface area contributed by atoms with Gasteiger partial charge in [-0.1, -0.05) is 6.07 Å². The van der Waals surface area contributed by atoms with E-state index in [1.54, 1.807) is 0 Å². The van der Waals surface area contributed by atoms with Crippen molar-refractivity contribution in [3.05, 3.63) is 24.3 Å². The molecule has 1 aromatic carbocycles. The number of carbonyl (C=O) groups is 1. The van der Waals surface area contributed by atoms with Crippen molar-refractivity contribution in [1.82, 2.24) is 0 Å². The minimum Gasteiger partial charge on any atom is -0.367 e. The Balaban J connectivity index is 2.19. The molecule has 1 heterocycles. The van der Waals surface area contributed by atoms with Gasteiger partial charge in [0.1, 0.15) is 0 Å². The van der Waals surface area contributed by atoms with Gasteiger partial charge >= 0.3 is 5.51 Å². The molecule has 10 heteroatoms. The van der Waals surface area contributed by atoms with Crippen LogP contribution in [0.4, 0.5) is 18.9 Å². The highest BCUT2D eigenvalue weighted by Gasteiger charge is 2.46. The lowest BCUT2D eigenvalue weighted by Crippen LogP contribution is -2.48. The lowest BCUT2D eigenvalue weighted by Gasteiger charge is -2.27. The summed E-state index contributed by atoms with van der Waals surface area (Å²) < 4.78 is 65.6. The molecule has 0 spiro atoms. The molecule has 23 heavy (non-hydrogen) atoms. The molecule has 2 rings (SSSR count). The van der Waals surface area contributed by atoms with Gasteiger partial charge in [0.25, 0.3) is 15.7 Å². The van der Waals surface area contributed by atoms with Gasteiger partial charge in [0.15, 0.2) is 6.10 Å². The second-order valence-corrected chi connectivity index (χ2v) is 7.00. The maximum atomic E-state index is 12.5. The van der Waals surface area contributed by atoms with E-state index in [0.717, 1.165) is 18.2 Å². The highest BCUT2D eigenvalue weighted by atomic mass is 32.2. The third-order valence-electron chi connectivity index (χ3n) is 3.34. The van der Waals surface area contributed by atoms with Crippen LogP contribution >= 0.6 is 0 Å². The predicted molar refractivity (Wildman–Crippen MR) is 75.3 cm³/mol. The monoisotopic (exact) mass is 352 g/mol. The van der Waals surface area contributed by atoms with E-state index in [1.807, 2.05) is 0 Å². The number of carbonyl (C=O) groups excluding carboxylic acids is 1. The molecule has 0 aliphatic carbocycles. The number of sulfone groups is 1. The molecule has 0 bridgehead atoms. The number of anilines is 1. The van der Waals surface area contributed by atoms with E-state index in [9.17, 15) is 26.4 Å². The van der Waals surface area contributed by atoms with Crippen molar-refractivity contribution in [2.45, 2.75) is 35.4 Å². The van der Waals surface area contributed by atoms with Crippen molar-refractivity contribution in [2.24, 2.45) is 5.73 Å². The normalized spacial score (nSPS) is 22.6. The van der Waals surface area contributed by atoms with Gasteiger partial charge in [-0.25, -0.2) is 8.42 Å². The minimum absolute atomic E-state index is 0.0818. The molecule has 128 valence electrons. The first-order valence-electron chi connectivity index (χ1n) is 6.72. The van der Waals surface area contributed by atoms with E-state index >= 15 is 0 Å². The first kappa shape index (κ1) is 17.7. The van der Waals surface area contributed by atoms with Crippen molar-refractivity contribution >= 4 is 21.4 Å². The number of hydrogen-bond acceptors (Lipinski definition) is 5. The third kappa shape index (κ3) is 3.82. The van der Waals surface area contributed by atoms with Crippen LogP contribution in [0.15, 0.2) is 29.2 Å². The van der Waals surface area contributed by atoms with Gasteiger partial charge in [0.2, 0.25) is 0 Å². The van der Waals surface area contributed by atoms with Crippen molar-refractivity contribution < 1.29 is 31.1 Å². The Morgan fingerprint density at radius 2 is 2.04 bits per heavy atom. The number of ether oxygens (including phenoxy) is 1. The van der Waals surface area contributed by atoms with E-state index in [4.69, 9.17) is 10.5 Å². The van der Waals surface area contributed by atoms with Crippen LogP contribution in [0.1, 0.15) is 12.8 Å². The quantitative estimate of drug-likeness (QED) is 0.857. The fourth-order valence-corrected chi connectivity index (χ4v) is 2.97. The Morgan fingerprint density at radius 3 is 2.65 bits per heavy atom. The summed E-state index contributed by atoms with van der Waals surface area (Å²) in [6.07, 6.45) is 0.372. The van der Waals surface area contributed by atoms with E-state index in [0.29, 0.717) is 19.4 Å². The summed E-state index contributed by atoms with van der Waals surface area (Å²) in [6, 6.07) is 3.42. The van der Waals surface area contributed by atoms with Crippen LogP contribution in [-0.4, -0.2) is 38.6 Å². The SMILES string of the molecule is N[C@@H]1CCCO[C@@H]1C(=O)Nc1cccc(S(=O)(=O)C(F)(F)F)c1. The number of nitrogens with two attached hydrogens (primary N) is 1. The van der Waals surface area contributed by atoms with Crippen molar-refractivity contribution in [3.8, 4) is 0 Å². The van der Waals surface area contributed by atoms with Gasteiger partial charge in [-0.3, -0.25) is 4.79 Å². The van der Waals surface area contributed by atoms with Gasteiger partial charge in [0, 0.05) is 18.3 Å². The number of halogens is 3. The number of rotatable bonds is 3. The van der Waals surface area contributed by atoms with E-state index in [-0.39, 0.29) is 5.69 Å². The molecule has 0 saturated carbocycles. The van der Waals surface area contributed by atoms with Gasteiger partial charge in [0.05, 0.1) is 4.90 Å². The molecule has 0 radical (unpaired) electrons. The highest BCUT2D eigenvalue weighted by Crippen LogP contribution is 2.31. The summed E-state index contributed by atoms with van der Waals surface area (Å²) in [5.41, 5.74) is 0.265. The largest absolute Gasteiger partial charge is 0.501 e. The van der Waals surface area contributed by atoms with E-state index in [2.05, 4.69) is 5.32 Å². The molecular formula is C13H15F3N2O4S. The average molecular weight is 352 g/mol. The molecule has 0 aromatic heterocycles. The van der Waals surface area contributed by atoms with E-state index in [1.165, 1.54) is 6.07 Å². The molecule has 1 aromatic rings. The third-order valence-corrected chi connectivity index (χ3v) is 4.83. The summed E-state index contributed by atoms with van der Waals surface area (Å²) in [5, 5.41) is 2.33. The van der Waals surface area contributed by atoms with Crippen LogP contribution in [0, 0.1) is 0 Å². The van der Waals surface area contributed by atoms with Crippen LogP contribution in [0.2, 0.25) is 0 Å². The predicted octanol–water partition coefficient (Wildman–Crippen LogP) is 1.42. The number of benzene rings is 1. The van der Waals surface area contributed by atoms with Gasteiger partial charge < -0.3 is 15.8 Å². The number of hydrogen-bond donors (Lipinski definition) is 2. The summed E-state index contributed by atoms with van der Waals surface area (Å²) in [6.45, 7) is 0.355. The minimum atomic E-state index is -5.48. The fraction of sp³-hybridized carbons (Fsp3) is 0.462. The second-order valence-electron chi connectivity index (χ2n) is 5.06. The molecule has 3 N–H and O–H groups in total. The molecule has 1 fully saturated rings. The molecular weight excluding hydrogens is 337 g/mol. The van der Waals surface area contributed by atoms with Crippen LogP contribution in [-0.2, 0) is 19.4 Å². The maximum Gasteiger partial charge on any atom is 0.501 e. The Hall–Kier alpha value is -1.65. The summed E-state index contributed by atoms with van der Waals surface area (Å²) in [5.74, 6) is -0.626. The van der Waals surface area contributed by atoms with Crippen molar-refractivity contribution in [1.29, 1.82) is 0 Å². The first-order chi connectivity index (χ1) is 10.6.